The molecule has 4 N–H and O–H groups in total. The van der Waals surface area contributed by atoms with E-state index in [0.29, 0.717) is 21.5 Å². The van der Waals surface area contributed by atoms with Gasteiger partial charge in [0.2, 0.25) is 0 Å². The number of hydrogen-bond acceptors (Lipinski definition) is 8. The molecule has 8 aromatic heterocycles. The largest absolute Gasteiger partial charge is 0.346 e. The third kappa shape index (κ3) is 8.84. The van der Waals surface area contributed by atoms with Crippen LogP contribution in [0, 0.1) is 27.7 Å². The highest BCUT2D eigenvalue weighted by atomic mass is 32.2. The average molecular weight is 711 g/mol. The molecule has 8 rings (SSSR count). The van der Waals surface area contributed by atoms with Crippen LogP contribution in [0.15, 0.2) is 89.7 Å². The van der Waals surface area contributed by atoms with Gasteiger partial charge in [0.15, 0.2) is 15.6 Å². The molecule has 0 spiro atoms. The Hall–Kier alpha value is -5.27. The van der Waals surface area contributed by atoms with Crippen LogP contribution >= 0.6 is 11.8 Å². The molecule has 260 valence electrons. The number of Topliss-reactive ketones (excluding diaryl/α,β-unsaturated/α-hetero) is 1. The van der Waals surface area contributed by atoms with Crippen LogP contribution in [0.3, 0.4) is 0 Å². The second kappa shape index (κ2) is 16.0. The lowest BCUT2D eigenvalue weighted by molar-refractivity contribution is 0.101. The molecule has 0 bridgehead atoms. The molecule has 0 aromatic carbocycles. The number of pyridine rings is 4. The Balaban J connectivity index is 0.000000150. The summed E-state index contributed by atoms with van der Waals surface area (Å²) in [5.41, 5.74) is 8.45. The van der Waals surface area contributed by atoms with E-state index in [0.717, 1.165) is 33.5 Å². The summed E-state index contributed by atoms with van der Waals surface area (Å²) < 4.78 is 22.7. The first-order chi connectivity index (χ1) is 23.3. The molecule has 0 atom stereocenters. The van der Waals surface area contributed by atoms with Gasteiger partial charge in [0, 0.05) is 87.8 Å². The first-order valence-electron chi connectivity index (χ1n) is 15.3. The van der Waals surface area contributed by atoms with Gasteiger partial charge in [-0.15, -0.1) is 11.8 Å². The van der Waals surface area contributed by atoms with Crippen molar-refractivity contribution in [1.82, 2.24) is 39.9 Å². The number of rotatable bonds is 3. The molecule has 13 heteroatoms. The van der Waals surface area contributed by atoms with E-state index in [2.05, 4.69) is 65.2 Å². The Labute approximate surface area is 295 Å². The second-order valence-corrected chi connectivity index (χ2v) is 14.5. The van der Waals surface area contributed by atoms with Gasteiger partial charge in [-0.05, 0) is 93.5 Å². The predicted molar refractivity (Wildman–Crippen MR) is 205 cm³/mol. The smallest absolute Gasteiger partial charge is 0.177 e. The maximum atomic E-state index is 11.4. The summed E-state index contributed by atoms with van der Waals surface area (Å²) in [6.45, 7) is 9.50. The van der Waals surface area contributed by atoms with Gasteiger partial charge in [-0.2, -0.15) is 0 Å². The SMILES string of the molecule is C.CC(=O)c1c[nH]c2ncc(C)cc12.CSc1c[nH]c2ncc(C)cc12.Cc1cnc2[nH]cc(S(C)(=O)=O)c2c1.Cc1cnc2[nH]ccc2c1. The monoisotopic (exact) mass is 710 g/mol. The molecule has 0 fully saturated rings. The predicted octanol–water partition coefficient (Wildman–Crippen LogP) is 8.45. The lowest BCUT2D eigenvalue weighted by atomic mass is 10.1. The van der Waals surface area contributed by atoms with Crippen LogP contribution in [-0.4, -0.2) is 66.6 Å². The zero-order valence-electron chi connectivity index (χ0n) is 28.3. The van der Waals surface area contributed by atoms with Gasteiger partial charge < -0.3 is 19.9 Å². The molecule has 0 unspecified atom stereocenters. The summed E-state index contributed by atoms with van der Waals surface area (Å²) >= 11 is 1.74. The number of aromatic amines is 4. The molecule has 0 saturated carbocycles. The van der Waals surface area contributed by atoms with Crippen LogP contribution in [0.25, 0.3) is 44.1 Å². The van der Waals surface area contributed by atoms with E-state index < -0.39 is 9.84 Å². The van der Waals surface area contributed by atoms with Crippen molar-refractivity contribution in [3.63, 3.8) is 0 Å². The van der Waals surface area contributed by atoms with Crippen molar-refractivity contribution in [2.75, 3.05) is 12.5 Å². The summed E-state index contributed by atoms with van der Waals surface area (Å²) in [6.07, 6.45) is 17.6. The molecule has 8 aromatic rings. The van der Waals surface area contributed by atoms with Crippen molar-refractivity contribution in [3.8, 4) is 0 Å². The number of aromatic nitrogens is 8. The van der Waals surface area contributed by atoms with E-state index >= 15 is 0 Å². The topological polar surface area (TPSA) is 166 Å². The van der Waals surface area contributed by atoms with E-state index in [9.17, 15) is 13.2 Å². The fourth-order valence-electron chi connectivity index (χ4n) is 5.09. The minimum absolute atomic E-state index is 0. The summed E-state index contributed by atoms with van der Waals surface area (Å²) in [6, 6.07) is 10.1. The number of nitrogens with one attached hydrogen (secondary N) is 4. The van der Waals surface area contributed by atoms with Gasteiger partial charge in [0.1, 0.15) is 22.6 Å². The number of aryl methyl sites for hydroxylation is 4. The van der Waals surface area contributed by atoms with Gasteiger partial charge in [-0.3, -0.25) is 4.79 Å². The molecule has 50 heavy (non-hydrogen) atoms. The third-order valence-electron chi connectivity index (χ3n) is 7.46. The number of fused-ring (bicyclic) bond motifs is 4. The number of carbonyl (C=O) groups excluding carboxylic acids is 1. The molecule has 0 aliphatic rings. The molecule has 11 nitrogen and oxygen atoms in total. The molecule has 0 amide bonds. The molecule has 0 aliphatic carbocycles. The number of thioether (sulfide) groups is 1. The Bertz CT molecular complexity index is 2510. The third-order valence-corrected chi connectivity index (χ3v) is 9.38. The van der Waals surface area contributed by atoms with Crippen LogP contribution in [0.4, 0.5) is 0 Å². The Morgan fingerprint density at radius 2 is 1.14 bits per heavy atom. The quantitative estimate of drug-likeness (QED) is 0.105. The van der Waals surface area contributed by atoms with E-state index in [1.54, 1.807) is 37.3 Å². The van der Waals surface area contributed by atoms with Gasteiger partial charge in [0.05, 0.1) is 4.90 Å². The van der Waals surface area contributed by atoms with Crippen molar-refractivity contribution in [2.24, 2.45) is 0 Å². The summed E-state index contributed by atoms with van der Waals surface area (Å²) in [4.78, 5) is 41.5. The van der Waals surface area contributed by atoms with E-state index in [-0.39, 0.29) is 13.2 Å². The zero-order chi connectivity index (χ0) is 35.3. The van der Waals surface area contributed by atoms with Crippen LogP contribution in [0.2, 0.25) is 0 Å². The Kier molecular flexibility index (Phi) is 12.0. The normalized spacial score (nSPS) is 10.9. The van der Waals surface area contributed by atoms with Crippen molar-refractivity contribution >= 4 is 71.5 Å². The fourth-order valence-corrected chi connectivity index (χ4v) is 6.47. The average Bonchev–Trinajstić information content (AvgIpc) is 3.86. The summed E-state index contributed by atoms with van der Waals surface area (Å²) in [5.74, 6) is 0.0682. The maximum Gasteiger partial charge on any atom is 0.177 e. The van der Waals surface area contributed by atoms with Gasteiger partial charge in [0.25, 0.3) is 0 Å². The van der Waals surface area contributed by atoms with Crippen molar-refractivity contribution in [3.05, 3.63) is 108 Å². The number of ketones is 1. The van der Waals surface area contributed by atoms with Crippen LogP contribution in [-0.2, 0) is 9.84 Å². The van der Waals surface area contributed by atoms with Gasteiger partial charge in [-0.1, -0.05) is 7.43 Å². The fraction of sp³-hybridized carbons (Fsp3) is 0.216. The number of carbonyl (C=O) groups is 1. The van der Waals surface area contributed by atoms with Crippen LogP contribution in [0.1, 0.15) is 47.0 Å². The zero-order valence-corrected chi connectivity index (χ0v) is 30.0. The van der Waals surface area contributed by atoms with Gasteiger partial charge in [-0.25, -0.2) is 28.4 Å². The first kappa shape index (κ1) is 37.5. The molecule has 0 radical (unpaired) electrons. The molecule has 0 saturated heterocycles. The second-order valence-electron chi connectivity index (χ2n) is 11.7. The maximum absolute atomic E-state index is 11.4. The number of H-pyrrole nitrogens is 4. The minimum atomic E-state index is -3.17. The highest BCUT2D eigenvalue weighted by molar-refractivity contribution is 7.98. The lowest BCUT2D eigenvalue weighted by Gasteiger charge is -1.95. The highest BCUT2D eigenvalue weighted by Crippen LogP contribution is 2.25. The van der Waals surface area contributed by atoms with Gasteiger partial charge >= 0.3 is 0 Å². The molecule has 8 heterocycles. The number of sulfone groups is 1. The molecular weight excluding hydrogens is 669 g/mol. The standard InChI is InChI=1S/C10H10N2O.C9H10N2O2S.C9H10N2S.C8H8N2.CH4/c1-6-3-8-9(7(2)13)5-12-10(8)11-4-6;1-6-3-7-8(14(2,12)13)5-11-9(7)10-4-6;1-6-3-7-8(12-2)5-11-9(7)10-4-6;1-6-4-7-2-3-9-8(7)10-5-6;/h3-5H,1-2H3,(H,11,12);3-5H,1-2H3,(H,10,11);3-5H,1-2H3,(H,10,11);2-5H,1H3,(H,9,10);1H4. The van der Waals surface area contributed by atoms with E-state index in [1.165, 1.54) is 39.2 Å². The highest BCUT2D eigenvalue weighted by Gasteiger charge is 2.14. The van der Waals surface area contributed by atoms with Crippen molar-refractivity contribution < 1.29 is 13.2 Å². The molecule has 0 aliphatic heterocycles. The summed E-state index contributed by atoms with van der Waals surface area (Å²) in [5, 5.41) is 3.97. The van der Waals surface area contributed by atoms with Crippen molar-refractivity contribution in [2.45, 2.75) is 51.8 Å². The Morgan fingerprint density at radius 1 is 0.660 bits per heavy atom. The van der Waals surface area contributed by atoms with E-state index in [1.807, 2.05) is 63.8 Å². The van der Waals surface area contributed by atoms with Crippen molar-refractivity contribution in [1.29, 1.82) is 0 Å². The minimum Gasteiger partial charge on any atom is -0.346 e. The molecular formula is C37H42N8O3S2. The number of nitrogens with zero attached hydrogens (tertiary/aromatic N) is 4. The number of hydrogen-bond donors (Lipinski definition) is 4. The van der Waals surface area contributed by atoms with Crippen LogP contribution in [0.5, 0.6) is 0 Å². The lowest BCUT2D eigenvalue weighted by Crippen LogP contribution is -1.95. The first-order valence-corrected chi connectivity index (χ1v) is 18.4. The summed E-state index contributed by atoms with van der Waals surface area (Å²) in [7, 11) is -3.17. The van der Waals surface area contributed by atoms with E-state index in [4.69, 9.17) is 0 Å². The van der Waals surface area contributed by atoms with Crippen LogP contribution < -0.4 is 0 Å². The Morgan fingerprint density at radius 3 is 1.72 bits per heavy atom.